The largest absolute Gasteiger partial charge is 0.392 e. The first kappa shape index (κ1) is 9.66. The van der Waals surface area contributed by atoms with E-state index < -0.39 is 0 Å². The minimum absolute atomic E-state index is 0.181. The van der Waals surface area contributed by atoms with Gasteiger partial charge in [0.25, 0.3) is 0 Å². The first-order valence-electron chi connectivity index (χ1n) is 3.70. The van der Waals surface area contributed by atoms with Crippen LogP contribution in [-0.4, -0.2) is 23.8 Å². The Bertz CT molecular complexity index is 91.3. The molecule has 0 aromatic rings. The van der Waals surface area contributed by atoms with Gasteiger partial charge in [-0.05, 0) is 26.8 Å². The fourth-order valence-electron chi connectivity index (χ4n) is 0.584. The summed E-state index contributed by atoms with van der Waals surface area (Å²) in [5.74, 6) is 0. The molecular formula is C8H17NO. The second-order valence-electron chi connectivity index (χ2n) is 2.56. The van der Waals surface area contributed by atoms with Gasteiger partial charge in [0.05, 0.1) is 6.10 Å². The molecule has 0 heterocycles. The fourth-order valence-corrected chi connectivity index (χ4v) is 0.584. The number of rotatable bonds is 5. The Morgan fingerprint density at radius 1 is 1.60 bits per heavy atom. The Morgan fingerprint density at radius 2 is 2.20 bits per heavy atom. The Hall–Kier alpha value is -0.340. The zero-order valence-corrected chi connectivity index (χ0v) is 6.80. The zero-order chi connectivity index (χ0) is 7.98. The predicted octanol–water partition coefficient (Wildman–Crippen LogP) is 0.921. The maximum atomic E-state index is 9.03. The Labute approximate surface area is 62.9 Å². The van der Waals surface area contributed by atoms with Gasteiger partial charge >= 0.3 is 0 Å². The van der Waals surface area contributed by atoms with Crippen LogP contribution in [0.5, 0.6) is 0 Å². The van der Waals surface area contributed by atoms with Crippen molar-refractivity contribution in [3.63, 3.8) is 0 Å². The smallest absolute Gasteiger partial charge is 0.0662 e. The van der Waals surface area contributed by atoms with Crippen LogP contribution in [0.2, 0.25) is 0 Å². The lowest BCUT2D eigenvalue weighted by atomic mass is 10.2. The lowest BCUT2D eigenvalue weighted by molar-refractivity contribution is 0.153. The molecule has 2 unspecified atom stereocenters. The van der Waals surface area contributed by atoms with Crippen molar-refractivity contribution in [2.45, 2.75) is 32.4 Å². The molecule has 0 saturated heterocycles. The molecule has 0 radical (unpaired) electrons. The Balaban J connectivity index is 3.21. The van der Waals surface area contributed by atoms with Crippen molar-refractivity contribution in [2.24, 2.45) is 0 Å². The normalized spacial score (nSPS) is 16.3. The van der Waals surface area contributed by atoms with Gasteiger partial charge in [-0.3, -0.25) is 0 Å². The molecule has 0 aliphatic carbocycles. The van der Waals surface area contributed by atoms with Crippen molar-refractivity contribution in [3.8, 4) is 0 Å². The molecule has 0 aliphatic rings. The summed E-state index contributed by atoms with van der Waals surface area (Å²) in [4.78, 5) is 0. The second-order valence-corrected chi connectivity index (χ2v) is 2.56. The van der Waals surface area contributed by atoms with Crippen LogP contribution in [0.1, 0.15) is 20.3 Å². The molecule has 2 nitrogen and oxygen atoms in total. The summed E-state index contributed by atoms with van der Waals surface area (Å²) in [6.45, 7) is 8.25. The summed E-state index contributed by atoms with van der Waals surface area (Å²) in [6, 6.07) is 0.181. The van der Waals surface area contributed by atoms with Gasteiger partial charge in [0.2, 0.25) is 0 Å². The lowest BCUT2D eigenvalue weighted by Crippen LogP contribution is -2.35. The number of nitrogens with one attached hydrogen (secondary N) is 1. The summed E-state index contributed by atoms with van der Waals surface area (Å²) >= 11 is 0. The highest BCUT2D eigenvalue weighted by atomic mass is 16.3. The molecule has 0 amide bonds. The van der Waals surface area contributed by atoms with E-state index in [9.17, 15) is 0 Å². The molecule has 0 aromatic carbocycles. The molecule has 10 heavy (non-hydrogen) atoms. The van der Waals surface area contributed by atoms with Crippen molar-refractivity contribution in [3.05, 3.63) is 12.7 Å². The van der Waals surface area contributed by atoms with Crippen LogP contribution in [0, 0.1) is 0 Å². The average molecular weight is 143 g/mol. The van der Waals surface area contributed by atoms with Crippen LogP contribution in [0.4, 0.5) is 0 Å². The Kier molecular flexibility index (Phi) is 5.26. The van der Waals surface area contributed by atoms with E-state index in [0.717, 1.165) is 13.0 Å². The fraction of sp³-hybridized carbons (Fsp3) is 0.750. The average Bonchev–Trinajstić information content (AvgIpc) is 1.88. The van der Waals surface area contributed by atoms with E-state index in [0.29, 0.717) is 0 Å². The number of aliphatic hydroxyl groups is 1. The summed E-state index contributed by atoms with van der Waals surface area (Å²) in [5, 5.41) is 12.2. The van der Waals surface area contributed by atoms with Crippen LogP contribution in [0.15, 0.2) is 12.7 Å². The molecule has 0 fully saturated rings. The van der Waals surface area contributed by atoms with E-state index in [1.165, 1.54) is 0 Å². The molecule has 0 spiro atoms. The molecule has 60 valence electrons. The predicted molar refractivity (Wildman–Crippen MR) is 44.0 cm³/mol. The molecule has 0 rings (SSSR count). The maximum absolute atomic E-state index is 9.03. The highest BCUT2D eigenvalue weighted by Crippen LogP contribution is 1.89. The molecule has 2 N–H and O–H groups in total. The van der Waals surface area contributed by atoms with E-state index in [4.69, 9.17) is 5.11 Å². The van der Waals surface area contributed by atoms with Crippen LogP contribution in [0.3, 0.4) is 0 Å². The molecular weight excluding hydrogens is 126 g/mol. The number of hydrogen-bond acceptors (Lipinski definition) is 2. The van der Waals surface area contributed by atoms with Crippen molar-refractivity contribution < 1.29 is 5.11 Å². The van der Waals surface area contributed by atoms with Crippen molar-refractivity contribution >= 4 is 0 Å². The first-order valence-corrected chi connectivity index (χ1v) is 3.70. The van der Waals surface area contributed by atoms with E-state index in [1.807, 2.05) is 13.0 Å². The molecule has 0 aromatic heterocycles. The standard InChI is InChI=1S/C8H17NO/c1-4-5-6-9-7(2)8(3)10/h4,7-10H,1,5-6H2,2-3H3. The van der Waals surface area contributed by atoms with Gasteiger partial charge in [-0.15, -0.1) is 6.58 Å². The van der Waals surface area contributed by atoms with Crippen LogP contribution in [-0.2, 0) is 0 Å². The minimum atomic E-state index is -0.273. The summed E-state index contributed by atoms with van der Waals surface area (Å²) < 4.78 is 0. The van der Waals surface area contributed by atoms with Crippen molar-refractivity contribution in [1.29, 1.82) is 0 Å². The minimum Gasteiger partial charge on any atom is -0.392 e. The number of aliphatic hydroxyl groups excluding tert-OH is 1. The van der Waals surface area contributed by atoms with Gasteiger partial charge < -0.3 is 10.4 Å². The summed E-state index contributed by atoms with van der Waals surface area (Å²) in [6.07, 6.45) is 2.54. The van der Waals surface area contributed by atoms with Gasteiger partial charge in [-0.1, -0.05) is 6.08 Å². The quantitative estimate of drug-likeness (QED) is 0.443. The Morgan fingerprint density at radius 3 is 2.60 bits per heavy atom. The van der Waals surface area contributed by atoms with Gasteiger partial charge in [0.1, 0.15) is 0 Å². The van der Waals surface area contributed by atoms with Crippen molar-refractivity contribution in [1.82, 2.24) is 5.32 Å². The summed E-state index contributed by atoms with van der Waals surface area (Å²) in [7, 11) is 0. The highest BCUT2D eigenvalue weighted by molar-refractivity contribution is 4.71. The summed E-state index contributed by atoms with van der Waals surface area (Å²) in [5.41, 5.74) is 0. The molecule has 2 atom stereocenters. The monoisotopic (exact) mass is 143 g/mol. The third-order valence-corrected chi connectivity index (χ3v) is 1.54. The van der Waals surface area contributed by atoms with E-state index in [-0.39, 0.29) is 12.1 Å². The van der Waals surface area contributed by atoms with E-state index in [1.54, 1.807) is 6.92 Å². The molecule has 0 bridgehead atoms. The van der Waals surface area contributed by atoms with Crippen LogP contribution in [0.25, 0.3) is 0 Å². The van der Waals surface area contributed by atoms with E-state index >= 15 is 0 Å². The first-order chi connectivity index (χ1) is 4.68. The lowest BCUT2D eigenvalue weighted by Gasteiger charge is -2.15. The highest BCUT2D eigenvalue weighted by Gasteiger charge is 2.05. The van der Waals surface area contributed by atoms with Crippen LogP contribution >= 0.6 is 0 Å². The van der Waals surface area contributed by atoms with Gasteiger partial charge in [-0.25, -0.2) is 0 Å². The van der Waals surface area contributed by atoms with Gasteiger partial charge in [0, 0.05) is 6.04 Å². The third kappa shape index (κ3) is 4.53. The van der Waals surface area contributed by atoms with Gasteiger partial charge in [0.15, 0.2) is 0 Å². The SMILES string of the molecule is C=CCCNC(C)C(C)O. The van der Waals surface area contributed by atoms with E-state index in [2.05, 4.69) is 11.9 Å². The molecule has 0 saturated carbocycles. The zero-order valence-electron chi connectivity index (χ0n) is 6.80. The number of hydrogen-bond donors (Lipinski definition) is 2. The third-order valence-electron chi connectivity index (χ3n) is 1.54. The topological polar surface area (TPSA) is 32.3 Å². The second kappa shape index (κ2) is 5.45. The van der Waals surface area contributed by atoms with Crippen LogP contribution < -0.4 is 5.32 Å². The maximum Gasteiger partial charge on any atom is 0.0662 e. The van der Waals surface area contributed by atoms with Gasteiger partial charge in [-0.2, -0.15) is 0 Å². The molecule has 0 aliphatic heterocycles. The van der Waals surface area contributed by atoms with Crippen molar-refractivity contribution in [2.75, 3.05) is 6.54 Å². The molecule has 2 heteroatoms.